The Labute approximate surface area is 144 Å². The molecule has 13 heteroatoms. The van der Waals surface area contributed by atoms with E-state index in [0.717, 1.165) is 4.90 Å². The van der Waals surface area contributed by atoms with E-state index in [1.165, 1.54) is 18.2 Å². The monoisotopic (exact) mass is 371 g/mol. The van der Waals surface area contributed by atoms with E-state index < -0.39 is 47.9 Å². The predicted molar refractivity (Wildman–Crippen MR) is 79.2 cm³/mol. The average molecular weight is 371 g/mol. The number of fused-ring (bicyclic) bond motifs is 1. The largest absolute Gasteiger partial charge is 0.490 e. The van der Waals surface area contributed by atoms with Gasteiger partial charge in [0, 0.05) is 0 Å². The molecule has 13 nitrogen and oxygen atoms in total. The summed E-state index contributed by atoms with van der Waals surface area (Å²) in [5.41, 5.74) is -0.0365. The molecule has 1 aliphatic rings. The molecule has 1 N–H and O–H groups in total. The fourth-order valence-corrected chi connectivity index (χ4v) is 2.21. The van der Waals surface area contributed by atoms with E-state index in [2.05, 4.69) is 9.68 Å². The van der Waals surface area contributed by atoms with Crippen LogP contribution in [0.2, 0.25) is 0 Å². The van der Waals surface area contributed by atoms with Gasteiger partial charge in [0.2, 0.25) is 0 Å². The van der Waals surface area contributed by atoms with Gasteiger partial charge in [-0.15, -0.1) is 20.2 Å². The number of aliphatic hydroxyl groups excluding tert-OH is 1. The zero-order chi connectivity index (χ0) is 19.3. The molecular weight excluding hydrogens is 358 g/mol. The highest BCUT2D eigenvalue weighted by atomic mass is 17.0. The molecule has 0 aliphatic carbocycles. The maximum atomic E-state index is 12.4. The molecule has 2 rings (SSSR count). The molecule has 1 aromatic rings. The molecule has 0 saturated heterocycles. The van der Waals surface area contributed by atoms with Crippen molar-refractivity contribution in [2.45, 2.75) is 6.10 Å². The van der Waals surface area contributed by atoms with Gasteiger partial charge in [-0.1, -0.05) is 6.07 Å². The summed E-state index contributed by atoms with van der Waals surface area (Å²) in [6, 6.07) is 4.20. The third-order valence-corrected chi connectivity index (χ3v) is 3.28. The van der Waals surface area contributed by atoms with E-state index in [1.54, 1.807) is 0 Å². The fraction of sp³-hybridized carbons (Fsp3) is 0.385. The Morgan fingerprint density at radius 2 is 1.77 bits per heavy atom. The summed E-state index contributed by atoms with van der Waals surface area (Å²) >= 11 is 0. The Morgan fingerprint density at radius 3 is 2.42 bits per heavy atom. The van der Waals surface area contributed by atoms with Gasteiger partial charge < -0.3 is 19.5 Å². The number of rotatable bonds is 10. The lowest BCUT2D eigenvalue weighted by molar-refractivity contribution is -0.759. The van der Waals surface area contributed by atoms with Crippen LogP contribution in [-0.2, 0) is 9.68 Å². The Balaban J connectivity index is 2.06. The highest BCUT2D eigenvalue weighted by Gasteiger charge is 2.38. The van der Waals surface area contributed by atoms with Crippen molar-refractivity contribution in [2.24, 2.45) is 0 Å². The minimum atomic E-state index is -1.34. The number of carbonyl (C=O) groups excluding carboxylic acids is 2. The van der Waals surface area contributed by atoms with Crippen LogP contribution in [0.1, 0.15) is 20.7 Å². The highest BCUT2D eigenvalue weighted by Crippen LogP contribution is 2.30. The van der Waals surface area contributed by atoms with Crippen LogP contribution in [0.5, 0.6) is 5.75 Å². The Morgan fingerprint density at radius 1 is 1.08 bits per heavy atom. The van der Waals surface area contributed by atoms with Crippen LogP contribution in [0.25, 0.3) is 0 Å². The smallest absolute Gasteiger partial charge is 0.294 e. The maximum Gasteiger partial charge on any atom is 0.294 e. The molecular formula is C13H13N3O10. The molecule has 1 aromatic carbocycles. The molecule has 0 aromatic heterocycles. The molecule has 0 saturated carbocycles. The van der Waals surface area contributed by atoms with E-state index in [1.807, 2.05) is 0 Å². The average Bonchev–Trinajstić information content (AvgIpc) is 2.83. The first-order valence-electron chi connectivity index (χ1n) is 7.16. The van der Waals surface area contributed by atoms with E-state index in [9.17, 15) is 34.9 Å². The topological polar surface area (TPSA) is 172 Å². The lowest BCUT2D eigenvalue weighted by atomic mass is 10.1. The van der Waals surface area contributed by atoms with Gasteiger partial charge in [0.15, 0.2) is 0 Å². The second-order valence-electron chi connectivity index (χ2n) is 4.98. The minimum Gasteiger partial charge on any atom is -0.490 e. The first-order valence-corrected chi connectivity index (χ1v) is 7.16. The number of hydrogen-bond donors (Lipinski definition) is 1. The van der Waals surface area contributed by atoms with Crippen molar-refractivity contribution >= 4 is 11.8 Å². The number of imide groups is 1. The summed E-state index contributed by atoms with van der Waals surface area (Å²) in [6.07, 6.45) is -1.34. The van der Waals surface area contributed by atoms with Crippen LogP contribution in [0.4, 0.5) is 0 Å². The molecule has 1 atom stereocenters. The van der Waals surface area contributed by atoms with Crippen LogP contribution in [-0.4, -0.2) is 64.5 Å². The van der Waals surface area contributed by atoms with Gasteiger partial charge in [-0.2, -0.15) is 0 Å². The quantitative estimate of drug-likeness (QED) is 0.319. The highest BCUT2D eigenvalue weighted by molar-refractivity contribution is 6.22. The van der Waals surface area contributed by atoms with Crippen molar-refractivity contribution in [1.29, 1.82) is 0 Å². The summed E-state index contributed by atoms with van der Waals surface area (Å²) in [5.74, 6) is -1.41. The molecule has 140 valence electrons. The fourth-order valence-electron chi connectivity index (χ4n) is 2.21. The van der Waals surface area contributed by atoms with Crippen LogP contribution in [0.15, 0.2) is 18.2 Å². The summed E-state index contributed by atoms with van der Waals surface area (Å²) in [6.45, 7) is -1.85. The zero-order valence-corrected chi connectivity index (χ0v) is 13.1. The second kappa shape index (κ2) is 8.06. The summed E-state index contributed by atoms with van der Waals surface area (Å²) in [5, 5.41) is 27.7. The summed E-state index contributed by atoms with van der Waals surface area (Å²) in [4.78, 5) is 53.7. The summed E-state index contributed by atoms with van der Waals surface area (Å²) in [7, 11) is 0. The number of nitrogens with zero attached hydrogens (tertiary/aromatic N) is 3. The first kappa shape index (κ1) is 18.9. The number of carbonyl (C=O) groups is 2. The molecule has 26 heavy (non-hydrogen) atoms. The Kier molecular flexibility index (Phi) is 5.85. The predicted octanol–water partition coefficient (Wildman–Crippen LogP) is -0.561. The SMILES string of the molecule is O=C1c2cccc(OCC(O)CO[N+](=O)[O-])c2C(=O)N1CCO[N+](=O)[O-]. The van der Waals surface area contributed by atoms with E-state index >= 15 is 0 Å². The van der Waals surface area contributed by atoms with Gasteiger partial charge in [-0.05, 0) is 12.1 Å². The van der Waals surface area contributed by atoms with E-state index in [4.69, 9.17) is 4.74 Å². The standard InChI is InChI=1S/C13H13N3O10/c17-8(7-26-16(22)23)6-24-10-3-1-2-9-11(10)13(19)14(12(9)18)4-5-25-15(20)21/h1-3,8,17H,4-7H2. The first-order chi connectivity index (χ1) is 12.3. The number of hydrogen-bond acceptors (Lipinski definition) is 10. The van der Waals surface area contributed by atoms with Gasteiger partial charge in [0.1, 0.15) is 31.7 Å². The number of amides is 2. The van der Waals surface area contributed by atoms with E-state index in [0.29, 0.717) is 0 Å². The molecule has 0 fully saturated rings. The lowest BCUT2D eigenvalue weighted by Gasteiger charge is -2.14. The van der Waals surface area contributed by atoms with Crippen LogP contribution in [0.3, 0.4) is 0 Å². The van der Waals surface area contributed by atoms with Gasteiger partial charge in [0.25, 0.3) is 22.0 Å². The molecule has 0 spiro atoms. The molecule has 0 bridgehead atoms. The van der Waals surface area contributed by atoms with Crippen molar-refractivity contribution in [2.75, 3.05) is 26.4 Å². The Bertz CT molecular complexity index is 737. The third kappa shape index (κ3) is 4.32. The van der Waals surface area contributed by atoms with Gasteiger partial charge in [-0.25, -0.2) is 0 Å². The van der Waals surface area contributed by atoms with Crippen LogP contribution >= 0.6 is 0 Å². The normalized spacial score (nSPS) is 14.0. The molecule has 1 aliphatic heterocycles. The van der Waals surface area contributed by atoms with Gasteiger partial charge >= 0.3 is 0 Å². The van der Waals surface area contributed by atoms with Gasteiger partial charge in [0.05, 0.1) is 17.7 Å². The maximum absolute atomic E-state index is 12.4. The second-order valence-corrected chi connectivity index (χ2v) is 4.98. The molecule has 1 heterocycles. The third-order valence-electron chi connectivity index (χ3n) is 3.28. The van der Waals surface area contributed by atoms with Crippen LogP contribution in [0, 0.1) is 20.2 Å². The molecule has 2 amide bonds. The van der Waals surface area contributed by atoms with Gasteiger partial charge in [-0.3, -0.25) is 14.5 Å². The van der Waals surface area contributed by atoms with Crippen molar-refractivity contribution in [3.8, 4) is 5.75 Å². The number of ether oxygens (including phenoxy) is 1. The number of benzene rings is 1. The minimum absolute atomic E-state index is 0.0151. The van der Waals surface area contributed by atoms with Crippen molar-refractivity contribution in [3.63, 3.8) is 0 Å². The summed E-state index contributed by atoms with van der Waals surface area (Å²) < 4.78 is 5.26. The van der Waals surface area contributed by atoms with Crippen molar-refractivity contribution < 1.29 is 39.3 Å². The molecule has 0 radical (unpaired) electrons. The number of aliphatic hydroxyl groups is 1. The van der Waals surface area contributed by atoms with E-state index in [-0.39, 0.29) is 23.4 Å². The zero-order valence-electron chi connectivity index (χ0n) is 13.1. The van der Waals surface area contributed by atoms with Crippen molar-refractivity contribution in [1.82, 2.24) is 4.90 Å². The van der Waals surface area contributed by atoms with Crippen LogP contribution < -0.4 is 4.74 Å². The van der Waals surface area contributed by atoms with Crippen molar-refractivity contribution in [3.05, 3.63) is 49.6 Å². The molecule has 1 unspecified atom stereocenters. The Hall–Kier alpha value is -3.48. The lowest BCUT2D eigenvalue weighted by Crippen LogP contribution is -2.33.